The van der Waals surface area contributed by atoms with Gasteiger partial charge in [-0.3, -0.25) is 9.59 Å². The van der Waals surface area contributed by atoms with Gasteiger partial charge in [-0.25, -0.2) is 0 Å². The number of Topliss-reactive ketones (excluding diaryl/α,β-unsaturated/α-hetero) is 1. The Bertz CT molecular complexity index is 441. The van der Waals surface area contributed by atoms with Gasteiger partial charge in [0.05, 0.1) is 12.4 Å². The van der Waals surface area contributed by atoms with Crippen molar-refractivity contribution in [3.63, 3.8) is 0 Å². The molecule has 0 amide bonds. The summed E-state index contributed by atoms with van der Waals surface area (Å²) in [4.78, 5) is 23.8. The van der Waals surface area contributed by atoms with Crippen molar-refractivity contribution in [1.82, 2.24) is 0 Å². The molecule has 0 aliphatic heterocycles. The molecule has 0 saturated heterocycles. The highest BCUT2D eigenvalue weighted by Gasteiger charge is 2.11. The number of benzene rings is 1. The molecule has 0 fully saturated rings. The van der Waals surface area contributed by atoms with Crippen LogP contribution in [0, 0.1) is 13.8 Å². The first-order valence-electron chi connectivity index (χ1n) is 5.90. The fraction of sp³-hybridized carbons (Fsp3) is 0.429. The van der Waals surface area contributed by atoms with E-state index in [1.807, 2.05) is 26.0 Å². The number of esters is 1. The van der Waals surface area contributed by atoms with Gasteiger partial charge in [0.15, 0.2) is 5.78 Å². The van der Waals surface area contributed by atoms with Crippen molar-refractivity contribution >= 4 is 23.5 Å². The Morgan fingerprint density at radius 2 is 2.00 bits per heavy atom. The molecule has 4 heteroatoms. The molecule has 0 saturated carbocycles. The van der Waals surface area contributed by atoms with Crippen LogP contribution in [-0.4, -0.2) is 24.1 Å². The van der Waals surface area contributed by atoms with Gasteiger partial charge in [0.2, 0.25) is 0 Å². The van der Waals surface area contributed by atoms with Gasteiger partial charge in [0.25, 0.3) is 0 Å². The first kappa shape index (κ1) is 14.8. The summed E-state index contributed by atoms with van der Waals surface area (Å²) in [5.74, 6) is -0.231. The highest BCUT2D eigenvalue weighted by atomic mass is 32.2. The number of rotatable bonds is 6. The van der Waals surface area contributed by atoms with Crippen molar-refractivity contribution in [2.45, 2.75) is 32.1 Å². The lowest BCUT2D eigenvalue weighted by molar-refractivity contribution is -0.145. The molecule has 0 bridgehead atoms. The predicted octanol–water partition coefficient (Wildman–Crippen LogP) is 2.92. The number of ether oxygens (including phenoxy) is 1. The van der Waals surface area contributed by atoms with E-state index in [9.17, 15) is 9.59 Å². The molecule has 0 aliphatic rings. The number of thioether (sulfide) groups is 1. The van der Waals surface area contributed by atoms with E-state index in [0.717, 1.165) is 10.5 Å². The van der Waals surface area contributed by atoms with E-state index in [2.05, 4.69) is 6.07 Å². The molecule has 0 aliphatic carbocycles. The quantitative estimate of drug-likeness (QED) is 0.451. The second-order valence-corrected chi connectivity index (χ2v) is 5.10. The van der Waals surface area contributed by atoms with Crippen molar-refractivity contribution < 1.29 is 14.3 Å². The SMILES string of the molecule is CCOC(=O)CC(=O)CSc1ccc(C)cc1C. The van der Waals surface area contributed by atoms with Gasteiger partial charge in [-0.15, -0.1) is 11.8 Å². The van der Waals surface area contributed by atoms with Crippen molar-refractivity contribution in [2.24, 2.45) is 0 Å². The van der Waals surface area contributed by atoms with E-state index in [1.54, 1.807) is 6.92 Å². The van der Waals surface area contributed by atoms with Gasteiger partial charge in [0.1, 0.15) is 6.42 Å². The standard InChI is InChI=1S/C14H18O3S/c1-4-17-14(16)8-12(15)9-18-13-6-5-10(2)7-11(13)3/h5-7H,4,8-9H2,1-3H3. The lowest BCUT2D eigenvalue weighted by Crippen LogP contribution is -2.12. The second kappa shape index (κ2) is 7.21. The summed E-state index contributed by atoms with van der Waals surface area (Å²) in [6, 6.07) is 6.11. The lowest BCUT2D eigenvalue weighted by Gasteiger charge is -2.06. The van der Waals surface area contributed by atoms with Crippen LogP contribution in [0.2, 0.25) is 0 Å². The van der Waals surface area contributed by atoms with Crippen molar-refractivity contribution in [1.29, 1.82) is 0 Å². The molecule has 98 valence electrons. The van der Waals surface area contributed by atoms with Crippen LogP contribution in [0.25, 0.3) is 0 Å². The summed E-state index contributed by atoms with van der Waals surface area (Å²) in [6.45, 7) is 6.10. The van der Waals surface area contributed by atoms with E-state index in [-0.39, 0.29) is 12.2 Å². The fourth-order valence-electron chi connectivity index (χ4n) is 1.54. The Hall–Kier alpha value is -1.29. The zero-order chi connectivity index (χ0) is 13.5. The van der Waals surface area contributed by atoms with Crippen molar-refractivity contribution in [2.75, 3.05) is 12.4 Å². The minimum absolute atomic E-state index is 0.0987. The normalized spacial score (nSPS) is 10.2. The summed E-state index contributed by atoms with van der Waals surface area (Å²) in [5.41, 5.74) is 2.36. The minimum Gasteiger partial charge on any atom is -0.466 e. The van der Waals surface area contributed by atoms with Gasteiger partial charge in [-0.2, -0.15) is 0 Å². The van der Waals surface area contributed by atoms with E-state index in [4.69, 9.17) is 4.74 Å². The minimum atomic E-state index is -0.441. The third-order valence-corrected chi connectivity index (χ3v) is 3.60. The highest BCUT2D eigenvalue weighted by Crippen LogP contribution is 2.23. The van der Waals surface area contributed by atoms with Crippen LogP contribution >= 0.6 is 11.8 Å². The zero-order valence-electron chi connectivity index (χ0n) is 11.0. The number of carbonyl (C=O) groups is 2. The Kier molecular flexibility index (Phi) is 5.92. The lowest BCUT2D eigenvalue weighted by atomic mass is 10.2. The van der Waals surface area contributed by atoms with Gasteiger partial charge in [-0.05, 0) is 32.4 Å². The van der Waals surface area contributed by atoms with E-state index in [1.165, 1.54) is 17.3 Å². The molecule has 0 heterocycles. The van der Waals surface area contributed by atoms with E-state index < -0.39 is 5.97 Å². The third-order valence-electron chi connectivity index (χ3n) is 2.37. The molecule has 0 unspecified atom stereocenters. The molecular weight excluding hydrogens is 248 g/mol. The van der Waals surface area contributed by atoms with Crippen LogP contribution in [0.5, 0.6) is 0 Å². The van der Waals surface area contributed by atoms with E-state index >= 15 is 0 Å². The summed E-state index contributed by atoms with van der Waals surface area (Å²) in [7, 11) is 0. The Morgan fingerprint density at radius 3 is 2.61 bits per heavy atom. The zero-order valence-corrected chi connectivity index (χ0v) is 11.8. The molecular formula is C14H18O3S. The van der Waals surface area contributed by atoms with Crippen LogP contribution in [0.4, 0.5) is 0 Å². The van der Waals surface area contributed by atoms with Crippen LogP contribution in [0.15, 0.2) is 23.1 Å². The molecule has 0 radical (unpaired) electrons. The maximum absolute atomic E-state index is 11.6. The molecule has 1 rings (SSSR count). The molecule has 0 atom stereocenters. The van der Waals surface area contributed by atoms with Gasteiger partial charge >= 0.3 is 5.97 Å². The number of carbonyl (C=O) groups excluding carboxylic acids is 2. The molecule has 0 N–H and O–H groups in total. The predicted molar refractivity (Wildman–Crippen MR) is 72.9 cm³/mol. The van der Waals surface area contributed by atoms with E-state index in [0.29, 0.717) is 12.4 Å². The van der Waals surface area contributed by atoms with Crippen molar-refractivity contribution in [3.8, 4) is 0 Å². The summed E-state index contributed by atoms with van der Waals surface area (Å²) in [5, 5.41) is 0. The first-order chi connectivity index (χ1) is 8.52. The average molecular weight is 266 g/mol. The average Bonchev–Trinajstić information content (AvgIpc) is 2.28. The van der Waals surface area contributed by atoms with Crippen LogP contribution in [-0.2, 0) is 14.3 Å². The monoisotopic (exact) mass is 266 g/mol. The number of aryl methyl sites for hydroxylation is 2. The Morgan fingerprint density at radius 1 is 1.28 bits per heavy atom. The summed E-state index contributed by atoms with van der Waals surface area (Å²) >= 11 is 1.47. The number of hydrogen-bond acceptors (Lipinski definition) is 4. The highest BCUT2D eigenvalue weighted by molar-refractivity contribution is 8.00. The summed E-state index contributed by atoms with van der Waals surface area (Å²) in [6.07, 6.45) is -0.133. The molecule has 0 aromatic heterocycles. The van der Waals surface area contributed by atoms with Crippen molar-refractivity contribution in [3.05, 3.63) is 29.3 Å². The largest absolute Gasteiger partial charge is 0.466 e. The second-order valence-electron chi connectivity index (χ2n) is 4.08. The molecule has 3 nitrogen and oxygen atoms in total. The Labute approximate surface area is 112 Å². The van der Waals surface area contributed by atoms with Gasteiger partial charge < -0.3 is 4.74 Å². The first-order valence-corrected chi connectivity index (χ1v) is 6.89. The van der Waals surface area contributed by atoms with Gasteiger partial charge in [-0.1, -0.05) is 17.7 Å². The molecule has 0 spiro atoms. The fourth-order valence-corrected chi connectivity index (χ4v) is 2.41. The van der Waals surface area contributed by atoms with Crippen LogP contribution in [0.1, 0.15) is 24.5 Å². The smallest absolute Gasteiger partial charge is 0.313 e. The van der Waals surface area contributed by atoms with Crippen LogP contribution in [0.3, 0.4) is 0 Å². The third kappa shape index (κ3) is 4.92. The summed E-state index contributed by atoms with van der Waals surface area (Å²) < 4.78 is 4.73. The maximum atomic E-state index is 11.6. The Balaban J connectivity index is 2.45. The number of ketones is 1. The van der Waals surface area contributed by atoms with Crippen LogP contribution < -0.4 is 0 Å². The molecule has 1 aromatic carbocycles. The van der Waals surface area contributed by atoms with Gasteiger partial charge in [0, 0.05) is 4.90 Å². The topological polar surface area (TPSA) is 43.4 Å². The molecule has 1 aromatic rings. The number of hydrogen-bond donors (Lipinski definition) is 0. The molecule has 18 heavy (non-hydrogen) atoms. The maximum Gasteiger partial charge on any atom is 0.313 e.